The molecule has 2 aliphatic rings. The van der Waals surface area contributed by atoms with Crippen LogP contribution in [0.5, 0.6) is 0 Å². The van der Waals surface area contributed by atoms with E-state index in [-0.39, 0.29) is 5.73 Å². The van der Waals surface area contributed by atoms with Crippen LogP contribution in [0.4, 0.5) is 4.39 Å². The Morgan fingerprint density at radius 3 is 2.12 bits per heavy atom. The number of benzene rings is 1. The molecule has 3 rings (SSSR count). The summed E-state index contributed by atoms with van der Waals surface area (Å²) < 4.78 is 26.6. The van der Waals surface area contributed by atoms with Crippen molar-refractivity contribution in [1.29, 1.82) is 0 Å². The molecule has 1 aliphatic carbocycles. The van der Waals surface area contributed by atoms with Gasteiger partial charge < -0.3 is 9.31 Å². The summed E-state index contributed by atoms with van der Waals surface area (Å²) in [4.78, 5) is 0. The van der Waals surface area contributed by atoms with Crippen molar-refractivity contribution in [3.8, 4) is 0 Å². The minimum absolute atomic E-state index is 0.188. The molecule has 2 fully saturated rings. The highest BCUT2D eigenvalue weighted by atomic mass is 19.1. The summed E-state index contributed by atoms with van der Waals surface area (Å²) >= 11 is 0. The van der Waals surface area contributed by atoms with Crippen LogP contribution in [0.3, 0.4) is 0 Å². The maximum Gasteiger partial charge on any atom is 0.525 e. The molecule has 1 aliphatic heterocycles. The van der Waals surface area contributed by atoms with Crippen LogP contribution in [0.1, 0.15) is 58.9 Å². The molecule has 0 unspecified atom stereocenters. The Kier molecular flexibility index (Phi) is 4.90. The van der Waals surface area contributed by atoms with Crippen LogP contribution in [0.15, 0.2) is 41.6 Å². The van der Waals surface area contributed by atoms with Crippen LogP contribution in [0.2, 0.25) is 0 Å². The van der Waals surface area contributed by atoms with Gasteiger partial charge in [0.05, 0.1) is 11.2 Å². The Labute approximate surface area is 145 Å². The van der Waals surface area contributed by atoms with E-state index in [1.807, 2.05) is 33.8 Å². The number of rotatable bonds is 3. The van der Waals surface area contributed by atoms with Gasteiger partial charge in [-0.3, -0.25) is 0 Å². The summed E-state index contributed by atoms with van der Waals surface area (Å²) in [5.74, 6) is 0.641. The van der Waals surface area contributed by atoms with Gasteiger partial charge in [-0.15, -0.1) is 0 Å². The van der Waals surface area contributed by atoms with Gasteiger partial charge >= 0.3 is 7.12 Å². The van der Waals surface area contributed by atoms with Gasteiger partial charge in [0.1, 0.15) is 5.73 Å². The fourth-order valence-corrected chi connectivity index (χ4v) is 3.53. The fraction of sp³-hybridized carbons (Fsp3) is 0.600. The molecular formula is C20H28BFO2. The molecular weight excluding hydrogens is 302 g/mol. The summed E-state index contributed by atoms with van der Waals surface area (Å²) in [5, 5.41) is 0. The third kappa shape index (κ3) is 3.60. The van der Waals surface area contributed by atoms with Crippen LogP contribution in [-0.2, 0) is 15.7 Å². The first kappa shape index (κ1) is 17.7. The predicted molar refractivity (Wildman–Crippen MR) is 96.3 cm³/mol. The molecule has 4 heteroatoms. The Bertz CT molecular complexity index is 583. The van der Waals surface area contributed by atoms with Gasteiger partial charge in [0.2, 0.25) is 0 Å². The van der Waals surface area contributed by atoms with Crippen molar-refractivity contribution in [1.82, 2.24) is 0 Å². The molecule has 0 atom stereocenters. The highest BCUT2D eigenvalue weighted by Crippen LogP contribution is 2.41. The molecule has 1 saturated heterocycles. The predicted octanol–water partition coefficient (Wildman–Crippen LogP) is 5.27. The highest BCUT2D eigenvalue weighted by Gasteiger charge is 2.53. The Hall–Kier alpha value is -1.13. The summed E-state index contributed by atoms with van der Waals surface area (Å²) in [6.07, 6.45) is 4.79. The lowest BCUT2D eigenvalue weighted by Gasteiger charge is -2.32. The molecule has 0 aromatic heterocycles. The van der Waals surface area contributed by atoms with Crippen molar-refractivity contribution in [3.05, 3.63) is 47.2 Å². The van der Waals surface area contributed by atoms with Crippen LogP contribution in [-0.4, -0.2) is 18.3 Å². The number of hydrogen-bond donors (Lipinski definition) is 0. The second-order valence-electron chi connectivity index (χ2n) is 8.17. The lowest BCUT2D eigenvalue weighted by molar-refractivity contribution is 0.00578. The van der Waals surface area contributed by atoms with Gasteiger partial charge in [0, 0.05) is 0 Å². The maximum atomic E-state index is 14.9. The van der Waals surface area contributed by atoms with Gasteiger partial charge in [-0.2, -0.15) is 0 Å². The zero-order valence-corrected chi connectivity index (χ0v) is 15.3. The lowest BCUT2D eigenvalue weighted by atomic mass is 9.76. The molecule has 24 heavy (non-hydrogen) atoms. The molecule has 1 aromatic carbocycles. The molecule has 1 saturated carbocycles. The molecule has 0 bridgehead atoms. The third-order valence-electron chi connectivity index (χ3n) is 5.87. The third-order valence-corrected chi connectivity index (χ3v) is 5.87. The van der Waals surface area contributed by atoms with E-state index in [4.69, 9.17) is 9.31 Å². The van der Waals surface area contributed by atoms with E-state index in [1.54, 1.807) is 0 Å². The minimum Gasteiger partial charge on any atom is -0.398 e. The van der Waals surface area contributed by atoms with Gasteiger partial charge in [-0.05, 0) is 76.9 Å². The van der Waals surface area contributed by atoms with Gasteiger partial charge in [-0.25, -0.2) is 4.39 Å². The quantitative estimate of drug-likeness (QED) is 0.703. The highest BCUT2D eigenvalue weighted by molar-refractivity contribution is 6.53. The standard InChI is InChI=1S/C20H28BFO2/c1-19(2)20(3,4)24-21(23-19)18(22)17-12-10-16(11-13-17)14-15-8-6-5-7-9-15/h5-9,16H,10-14H2,1-4H3. The molecule has 1 aromatic rings. The lowest BCUT2D eigenvalue weighted by Crippen LogP contribution is -2.41. The van der Waals surface area contributed by atoms with Crippen molar-refractivity contribution in [2.24, 2.45) is 5.92 Å². The smallest absolute Gasteiger partial charge is 0.398 e. The molecule has 0 radical (unpaired) electrons. The Balaban J connectivity index is 1.60. The van der Waals surface area contributed by atoms with E-state index in [0.29, 0.717) is 5.92 Å². The Morgan fingerprint density at radius 1 is 1.04 bits per heavy atom. The first-order valence-electron chi connectivity index (χ1n) is 9.05. The van der Waals surface area contributed by atoms with Crippen molar-refractivity contribution < 1.29 is 13.7 Å². The SMILES string of the molecule is CC1(C)OB(C(F)=C2CCC(Cc3ccccc3)CC2)OC1(C)C. The van der Waals surface area contributed by atoms with Crippen LogP contribution in [0, 0.1) is 5.92 Å². The maximum absolute atomic E-state index is 14.9. The van der Waals surface area contributed by atoms with E-state index >= 15 is 0 Å². The fourth-order valence-electron chi connectivity index (χ4n) is 3.53. The van der Waals surface area contributed by atoms with E-state index in [9.17, 15) is 4.39 Å². The minimum atomic E-state index is -0.837. The summed E-state index contributed by atoms with van der Waals surface area (Å²) in [6, 6.07) is 10.6. The average molecular weight is 330 g/mol. The normalized spacial score (nSPS) is 25.8. The number of hydrogen-bond acceptors (Lipinski definition) is 2. The second-order valence-corrected chi connectivity index (χ2v) is 8.17. The van der Waals surface area contributed by atoms with E-state index in [0.717, 1.165) is 37.7 Å². The monoisotopic (exact) mass is 330 g/mol. The van der Waals surface area contributed by atoms with E-state index in [2.05, 4.69) is 24.3 Å². The van der Waals surface area contributed by atoms with Gasteiger partial charge in [-0.1, -0.05) is 30.3 Å². The average Bonchev–Trinajstić information content (AvgIpc) is 2.76. The first-order chi connectivity index (χ1) is 11.3. The number of halogens is 1. The van der Waals surface area contributed by atoms with Crippen molar-refractivity contribution in [3.63, 3.8) is 0 Å². The van der Waals surface area contributed by atoms with E-state index < -0.39 is 18.3 Å². The first-order valence-corrected chi connectivity index (χ1v) is 9.05. The largest absolute Gasteiger partial charge is 0.525 e. The summed E-state index contributed by atoms with van der Waals surface area (Å²) in [6.45, 7) is 7.84. The zero-order chi connectivity index (χ0) is 17.4. The Morgan fingerprint density at radius 2 is 1.58 bits per heavy atom. The molecule has 0 N–H and O–H groups in total. The second kappa shape index (κ2) is 6.64. The summed E-state index contributed by atoms with van der Waals surface area (Å²) in [5.41, 5.74) is 1.10. The van der Waals surface area contributed by atoms with Crippen molar-refractivity contribution in [2.75, 3.05) is 0 Å². The molecule has 1 heterocycles. The molecule has 0 amide bonds. The summed E-state index contributed by atoms with van der Waals surface area (Å²) in [7, 11) is -0.837. The molecule has 0 spiro atoms. The molecule has 130 valence electrons. The van der Waals surface area contributed by atoms with E-state index in [1.165, 1.54) is 5.56 Å². The molecule has 2 nitrogen and oxygen atoms in total. The van der Waals surface area contributed by atoms with Crippen molar-refractivity contribution >= 4 is 7.12 Å². The van der Waals surface area contributed by atoms with Crippen LogP contribution < -0.4 is 0 Å². The van der Waals surface area contributed by atoms with Gasteiger partial charge in [0.25, 0.3) is 0 Å². The zero-order valence-electron chi connectivity index (χ0n) is 15.3. The van der Waals surface area contributed by atoms with Gasteiger partial charge in [0.15, 0.2) is 0 Å². The van der Waals surface area contributed by atoms with Crippen LogP contribution >= 0.6 is 0 Å². The topological polar surface area (TPSA) is 18.5 Å². The number of allylic oxidation sites excluding steroid dienone is 1. The van der Waals surface area contributed by atoms with Crippen LogP contribution in [0.25, 0.3) is 0 Å². The van der Waals surface area contributed by atoms with Crippen molar-refractivity contribution in [2.45, 2.75) is 71.0 Å².